The highest BCUT2D eigenvalue weighted by Crippen LogP contribution is 2.23. The normalized spacial score (nSPS) is 16.5. The van der Waals surface area contributed by atoms with Gasteiger partial charge in [-0.25, -0.2) is 9.78 Å². The fraction of sp³-hybridized carbons (Fsp3) is 0.458. The van der Waals surface area contributed by atoms with Gasteiger partial charge >= 0.3 is 12.0 Å². The van der Waals surface area contributed by atoms with Gasteiger partial charge in [0.15, 0.2) is 0 Å². The Kier molecular flexibility index (Phi) is 6.70. The first-order valence-electron chi connectivity index (χ1n) is 11.1. The number of pyridine rings is 1. The summed E-state index contributed by atoms with van der Waals surface area (Å²) in [5.41, 5.74) is 3.75. The van der Waals surface area contributed by atoms with Gasteiger partial charge in [0.25, 0.3) is 0 Å². The third-order valence-corrected chi connectivity index (χ3v) is 6.11. The average Bonchev–Trinajstić information content (AvgIpc) is 2.83. The second-order valence-corrected chi connectivity index (χ2v) is 8.14. The number of fused-ring (bicyclic) bond motifs is 1. The van der Waals surface area contributed by atoms with E-state index in [1.807, 2.05) is 25.3 Å². The van der Waals surface area contributed by atoms with Crippen LogP contribution in [0.3, 0.4) is 0 Å². The van der Waals surface area contributed by atoms with E-state index in [0.29, 0.717) is 39.1 Å². The van der Waals surface area contributed by atoms with E-state index < -0.39 is 0 Å². The molecular weight excluding hydrogens is 392 g/mol. The van der Waals surface area contributed by atoms with Crippen LogP contribution in [0.4, 0.5) is 10.6 Å². The molecule has 4 rings (SSSR count). The number of esters is 1. The lowest BCUT2D eigenvalue weighted by Gasteiger charge is -2.31. The Morgan fingerprint density at radius 1 is 1.10 bits per heavy atom. The summed E-state index contributed by atoms with van der Waals surface area (Å²) in [6.07, 6.45) is 4.18. The molecule has 1 fully saturated rings. The maximum atomic E-state index is 12.5. The number of nitrogens with zero attached hydrogens (tertiary/aromatic N) is 3. The van der Waals surface area contributed by atoms with Crippen LogP contribution in [0.5, 0.6) is 0 Å². The van der Waals surface area contributed by atoms with Crippen LogP contribution in [0.25, 0.3) is 0 Å². The highest BCUT2D eigenvalue weighted by molar-refractivity contribution is 5.76. The van der Waals surface area contributed by atoms with Gasteiger partial charge in [-0.15, -0.1) is 0 Å². The van der Waals surface area contributed by atoms with Gasteiger partial charge in [0.2, 0.25) is 0 Å². The summed E-state index contributed by atoms with van der Waals surface area (Å²) in [5.74, 6) is 0.721. The second kappa shape index (κ2) is 9.81. The number of urea groups is 1. The lowest BCUT2D eigenvalue weighted by Crippen LogP contribution is -2.45. The highest BCUT2D eigenvalue weighted by atomic mass is 16.5. The summed E-state index contributed by atoms with van der Waals surface area (Å²) >= 11 is 0. The fourth-order valence-corrected chi connectivity index (χ4v) is 4.27. The average molecular weight is 423 g/mol. The number of likely N-dealkylation sites (tertiary alicyclic amines) is 1. The minimum atomic E-state index is -0.147. The number of nitrogens with one attached hydrogen (secondary N) is 1. The van der Waals surface area contributed by atoms with Crippen LogP contribution in [0, 0.1) is 5.92 Å². The SMILES string of the molecule is CCOC(=O)C1CCN(C(=O)NCc2ccc(N3CCc4ccccc4C3)nc2)CC1. The first kappa shape index (κ1) is 21.2. The first-order valence-corrected chi connectivity index (χ1v) is 11.1. The molecular formula is C24H30N4O3. The number of hydrogen-bond donors (Lipinski definition) is 1. The molecule has 2 aromatic rings. The molecule has 0 unspecified atom stereocenters. The van der Waals surface area contributed by atoms with Gasteiger partial charge in [0, 0.05) is 38.9 Å². The Bertz CT molecular complexity index is 907. The number of hydrogen-bond acceptors (Lipinski definition) is 5. The van der Waals surface area contributed by atoms with Crippen LogP contribution in [0.1, 0.15) is 36.5 Å². The molecule has 7 nitrogen and oxygen atoms in total. The maximum Gasteiger partial charge on any atom is 0.317 e. The number of rotatable bonds is 5. The van der Waals surface area contributed by atoms with Gasteiger partial charge in [-0.2, -0.15) is 0 Å². The number of piperidine rings is 1. The van der Waals surface area contributed by atoms with Gasteiger partial charge in [-0.05, 0) is 48.9 Å². The lowest BCUT2D eigenvalue weighted by molar-refractivity contribution is -0.149. The summed E-state index contributed by atoms with van der Waals surface area (Å²) in [4.78, 5) is 33.0. The standard InChI is InChI=1S/C24H30N4O3/c1-2-31-23(29)20-10-12-27(13-11-20)24(30)26-16-18-7-8-22(25-15-18)28-14-9-19-5-3-4-6-21(19)17-28/h3-8,15,20H,2,9-14,16-17H2,1H3,(H,26,30). The number of ether oxygens (including phenoxy) is 1. The predicted molar refractivity (Wildman–Crippen MR) is 119 cm³/mol. The molecule has 0 atom stereocenters. The van der Waals surface area contributed by atoms with E-state index in [1.54, 1.807) is 4.90 Å². The number of benzene rings is 1. The van der Waals surface area contributed by atoms with E-state index >= 15 is 0 Å². The molecule has 0 spiro atoms. The van der Waals surface area contributed by atoms with Crippen LogP contribution < -0.4 is 10.2 Å². The van der Waals surface area contributed by atoms with Crippen molar-refractivity contribution < 1.29 is 14.3 Å². The van der Waals surface area contributed by atoms with Crippen LogP contribution in [0.15, 0.2) is 42.6 Å². The van der Waals surface area contributed by atoms with Gasteiger partial charge < -0.3 is 19.9 Å². The molecule has 31 heavy (non-hydrogen) atoms. The summed E-state index contributed by atoms with van der Waals surface area (Å²) in [7, 11) is 0. The zero-order valence-electron chi connectivity index (χ0n) is 18.0. The third kappa shape index (κ3) is 5.16. The molecule has 164 valence electrons. The molecule has 3 heterocycles. The molecule has 2 amide bonds. The van der Waals surface area contributed by atoms with Crippen molar-refractivity contribution in [1.29, 1.82) is 0 Å². The summed E-state index contributed by atoms with van der Waals surface area (Å²) in [6.45, 7) is 5.63. The molecule has 7 heteroatoms. The molecule has 1 aromatic heterocycles. The molecule has 0 aliphatic carbocycles. The summed E-state index contributed by atoms with van der Waals surface area (Å²) in [6, 6.07) is 12.5. The third-order valence-electron chi connectivity index (χ3n) is 6.11. The Morgan fingerprint density at radius 3 is 2.58 bits per heavy atom. The zero-order chi connectivity index (χ0) is 21.6. The van der Waals surface area contributed by atoms with Crippen molar-refractivity contribution in [2.24, 2.45) is 5.92 Å². The molecule has 1 saturated heterocycles. The quantitative estimate of drug-likeness (QED) is 0.750. The molecule has 0 radical (unpaired) electrons. The van der Waals surface area contributed by atoms with Crippen molar-refractivity contribution in [3.05, 3.63) is 59.3 Å². The van der Waals surface area contributed by atoms with E-state index in [2.05, 4.69) is 39.5 Å². The minimum absolute atomic E-state index is 0.0949. The number of carbonyl (C=O) groups excluding carboxylic acids is 2. The minimum Gasteiger partial charge on any atom is -0.466 e. The van der Waals surface area contributed by atoms with E-state index in [0.717, 1.165) is 30.9 Å². The fourth-order valence-electron chi connectivity index (χ4n) is 4.27. The molecule has 2 aliphatic heterocycles. The first-order chi connectivity index (χ1) is 15.1. The van der Waals surface area contributed by atoms with Crippen molar-refractivity contribution in [3.8, 4) is 0 Å². The second-order valence-electron chi connectivity index (χ2n) is 8.14. The zero-order valence-corrected chi connectivity index (χ0v) is 18.0. The smallest absolute Gasteiger partial charge is 0.317 e. The number of anilines is 1. The van der Waals surface area contributed by atoms with Gasteiger partial charge in [0.1, 0.15) is 5.82 Å². The maximum absolute atomic E-state index is 12.5. The largest absolute Gasteiger partial charge is 0.466 e. The van der Waals surface area contributed by atoms with Gasteiger partial charge in [-0.1, -0.05) is 30.3 Å². The molecule has 1 N–H and O–H groups in total. The van der Waals surface area contributed by atoms with E-state index in [4.69, 9.17) is 4.74 Å². The number of carbonyl (C=O) groups is 2. The lowest BCUT2D eigenvalue weighted by atomic mass is 9.97. The number of amides is 2. The van der Waals surface area contributed by atoms with E-state index in [1.165, 1.54) is 11.1 Å². The molecule has 1 aromatic carbocycles. The summed E-state index contributed by atoms with van der Waals surface area (Å²) in [5, 5.41) is 2.97. The Balaban J connectivity index is 1.25. The Morgan fingerprint density at radius 2 is 1.87 bits per heavy atom. The van der Waals surface area contributed by atoms with Crippen molar-refractivity contribution >= 4 is 17.8 Å². The molecule has 0 saturated carbocycles. The van der Waals surface area contributed by atoms with Gasteiger partial charge in [-0.3, -0.25) is 4.79 Å². The van der Waals surface area contributed by atoms with E-state index in [9.17, 15) is 9.59 Å². The summed E-state index contributed by atoms with van der Waals surface area (Å²) < 4.78 is 5.08. The van der Waals surface area contributed by atoms with Crippen molar-refractivity contribution in [1.82, 2.24) is 15.2 Å². The van der Waals surface area contributed by atoms with E-state index in [-0.39, 0.29) is 17.9 Å². The highest BCUT2D eigenvalue weighted by Gasteiger charge is 2.28. The molecule has 2 aliphatic rings. The predicted octanol–water partition coefficient (Wildman–Crippen LogP) is 3.13. The van der Waals surface area contributed by atoms with Crippen LogP contribution in [0.2, 0.25) is 0 Å². The monoisotopic (exact) mass is 422 g/mol. The topological polar surface area (TPSA) is 74.8 Å². The Labute approximate surface area is 183 Å². The van der Waals surface area contributed by atoms with Gasteiger partial charge in [0.05, 0.1) is 12.5 Å². The Hall–Kier alpha value is -3.09. The van der Waals surface area contributed by atoms with Crippen LogP contribution >= 0.6 is 0 Å². The molecule has 0 bridgehead atoms. The van der Waals surface area contributed by atoms with Crippen LogP contribution in [-0.2, 0) is 29.0 Å². The van der Waals surface area contributed by atoms with Crippen LogP contribution in [-0.4, -0.2) is 48.1 Å². The van der Waals surface area contributed by atoms with Crippen molar-refractivity contribution in [2.45, 2.75) is 39.3 Å². The van der Waals surface area contributed by atoms with Crippen molar-refractivity contribution in [3.63, 3.8) is 0 Å². The number of aromatic nitrogens is 1. The van der Waals surface area contributed by atoms with Crippen molar-refractivity contribution in [2.75, 3.05) is 31.1 Å².